The molecule has 0 unspecified atom stereocenters. The molecule has 7 nitrogen and oxygen atoms in total. The highest BCUT2D eigenvalue weighted by Gasteiger charge is 2.27. The number of nitrogens with zero attached hydrogens (tertiary/aromatic N) is 3. The lowest BCUT2D eigenvalue weighted by Crippen LogP contribution is -2.42. The predicted molar refractivity (Wildman–Crippen MR) is 111 cm³/mol. The molecule has 0 saturated heterocycles. The van der Waals surface area contributed by atoms with Crippen LogP contribution in [0.3, 0.4) is 0 Å². The summed E-state index contributed by atoms with van der Waals surface area (Å²) >= 11 is 0. The maximum atomic E-state index is 13.4. The molecule has 150 valence electrons. The number of para-hydroxylation sites is 2. The zero-order valence-corrected chi connectivity index (χ0v) is 16.7. The summed E-state index contributed by atoms with van der Waals surface area (Å²) < 4.78 is 7.12. The molecule has 0 saturated carbocycles. The Morgan fingerprint density at radius 2 is 1.76 bits per heavy atom. The Kier molecular flexibility index (Phi) is 5.97. The zero-order chi connectivity index (χ0) is 21.0. The molecule has 3 rings (SSSR count). The van der Waals surface area contributed by atoms with Crippen molar-refractivity contribution in [3.8, 4) is 22.7 Å². The van der Waals surface area contributed by atoms with E-state index in [0.717, 1.165) is 5.69 Å². The third kappa shape index (κ3) is 4.29. The van der Waals surface area contributed by atoms with Gasteiger partial charge in [-0.2, -0.15) is 5.10 Å². The molecule has 1 aromatic heterocycles. The van der Waals surface area contributed by atoms with E-state index in [0.29, 0.717) is 22.6 Å². The monoisotopic (exact) mass is 392 g/mol. The van der Waals surface area contributed by atoms with Crippen molar-refractivity contribution in [2.24, 2.45) is 5.73 Å². The Morgan fingerprint density at radius 3 is 2.38 bits per heavy atom. The van der Waals surface area contributed by atoms with Gasteiger partial charge in [-0.25, -0.2) is 4.68 Å². The molecule has 2 amide bonds. The molecule has 3 aromatic rings. The number of nitrogens with two attached hydrogens (primary N) is 1. The average Bonchev–Trinajstić information content (AvgIpc) is 3.17. The summed E-state index contributed by atoms with van der Waals surface area (Å²) in [7, 11) is 1.57. The highest BCUT2D eigenvalue weighted by Crippen LogP contribution is 2.32. The number of hydrogen-bond acceptors (Lipinski definition) is 4. The minimum absolute atomic E-state index is 0.168. The van der Waals surface area contributed by atoms with Gasteiger partial charge in [-0.3, -0.25) is 9.59 Å². The van der Waals surface area contributed by atoms with Gasteiger partial charge in [0.15, 0.2) is 0 Å². The molecule has 2 aromatic carbocycles. The molecule has 0 fully saturated rings. The molecule has 2 N–H and O–H groups in total. The molecular weight excluding hydrogens is 368 g/mol. The summed E-state index contributed by atoms with van der Waals surface area (Å²) in [5.41, 5.74) is 7.72. The van der Waals surface area contributed by atoms with Gasteiger partial charge in [-0.1, -0.05) is 30.3 Å². The molecule has 0 radical (unpaired) electrons. The van der Waals surface area contributed by atoms with Gasteiger partial charge < -0.3 is 15.4 Å². The van der Waals surface area contributed by atoms with Gasteiger partial charge in [-0.15, -0.1) is 0 Å². The van der Waals surface area contributed by atoms with Crippen LogP contribution in [0.1, 0.15) is 24.2 Å². The summed E-state index contributed by atoms with van der Waals surface area (Å²) in [6.07, 6.45) is 1.68. The van der Waals surface area contributed by atoms with Gasteiger partial charge in [0.2, 0.25) is 5.91 Å². The van der Waals surface area contributed by atoms with Crippen LogP contribution in [-0.2, 0) is 4.79 Å². The van der Waals surface area contributed by atoms with Gasteiger partial charge in [0, 0.05) is 17.8 Å². The number of hydrogen-bond donors (Lipinski definition) is 1. The number of rotatable bonds is 7. The Hall–Kier alpha value is -3.61. The van der Waals surface area contributed by atoms with Crippen molar-refractivity contribution >= 4 is 11.8 Å². The fourth-order valence-corrected chi connectivity index (χ4v) is 3.09. The van der Waals surface area contributed by atoms with Crippen LogP contribution < -0.4 is 10.5 Å². The first-order valence-electron chi connectivity index (χ1n) is 9.30. The number of primary amides is 1. The van der Waals surface area contributed by atoms with Crippen LogP contribution in [0.2, 0.25) is 0 Å². The van der Waals surface area contributed by atoms with Crippen LogP contribution in [0, 0.1) is 0 Å². The number of methoxy groups -OCH3 is 1. The van der Waals surface area contributed by atoms with E-state index >= 15 is 0 Å². The largest absolute Gasteiger partial charge is 0.496 e. The smallest absolute Gasteiger partial charge is 0.258 e. The van der Waals surface area contributed by atoms with Crippen LogP contribution in [0.25, 0.3) is 16.9 Å². The quantitative estimate of drug-likeness (QED) is 0.669. The van der Waals surface area contributed by atoms with E-state index in [2.05, 4.69) is 5.10 Å². The Labute approximate surface area is 169 Å². The predicted octanol–water partition coefficient (Wildman–Crippen LogP) is 2.88. The van der Waals surface area contributed by atoms with Gasteiger partial charge >= 0.3 is 0 Å². The minimum atomic E-state index is -0.568. The Balaban J connectivity index is 2.17. The van der Waals surface area contributed by atoms with Crippen molar-refractivity contribution in [3.63, 3.8) is 0 Å². The lowest BCUT2D eigenvalue weighted by atomic mass is 10.1. The number of carbonyl (C=O) groups excluding carboxylic acids is 2. The number of ether oxygens (including phenoxy) is 1. The van der Waals surface area contributed by atoms with Crippen LogP contribution in [-0.4, -0.2) is 46.2 Å². The highest BCUT2D eigenvalue weighted by atomic mass is 16.5. The molecule has 29 heavy (non-hydrogen) atoms. The molecule has 0 aliphatic heterocycles. The van der Waals surface area contributed by atoms with Crippen LogP contribution in [0.5, 0.6) is 5.75 Å². The zero-order valence-electron chi connectivity index (χ0n) is 16.7. The highest BCUT2D eigenvalue weighted by molar-refractivity contribution is 6.02. The fourth-order valence-electron chi connectivity index (χ4n) is 3.09. The lowest BCUT2D eigenvalue weighted by Gasteiger charge is -2.25. The topological polar surface area (TPSA) is 90.5 Å². The van der Waals surface area contributed by atoms with E-state index in [1.54, 1.807) is 18.0 Å². The second-order valence-electron chi connectivity index (χ2n) is 6.86. The van der Waals surface area contributed by atoms with E-state index in [9.17, 15) is 9.59 Å². The van der Waals surface area contributed by atoms with Crippen LogP contribution in [0.4, 0.5) is 0 Å². The summed E-state index contributed by atoms with van der Waals surface area (Å²) in [5.74, 6) is -0.283. The molecule has 0 bridgehead atoms. The molecule has 0 aliphatic carbocycles. The third-order valence-electron chi connectivity index (χ3n) is 4.54. The molecule has 1 heterocycles. The van der Waals surface area contributed by atoms with Crippen molar-refractivity contribution in [3.05, 3.63) is 66.4 Å². The SMILES string of the molecule is COc1ccccc1-c1nn(-c2ccccc2)cc1C(=O)N(CC(N)=O)C(C)C. The molecule has 0 aliphatic rings. The van der Waals surface area contributed by atoms with Crippen molar-refractivity contribution < 1.29 is 14.3 Å². The second-order valence-corrected chi connectivity index (χ2v) is 6.86. The van der Waals surface area contributed by atoms with Crippen LogP contribution in [0.15, 0.2) is 60.8 Å². The number of benzene rings is 2. The first kappa shape index (κ1) is 20.1. The van der Waals surface area contributed by atoms with Crippen molar-refractivity contribution in [2.45, 2.75) is 19.9 Å². The Morgan fingerprint density at radius 1 is 1.10 bits per heavy atom. The van der Waals surface area contributed by atoms with Gasteiger partial charge in [-0.05, 0) is 38.1 Å². The van der Waals surface area contributed by atoms with Crippen molar-refractivity contribution in [1.82, 2.24) is 14.7 Å². The molecule has 0 spiro atoms. The van der Waals surface area contributed by atoms with E-state index in [1.807, 2.05) is 68.4 Å². The van der Waals surface area contributed by atoms with Gasteiger partial charge in [0.25, 0.3) is 5.91 Å². The van der Waals surface area contributed by atoms with E-state index in [4.69, 9.17) is 10.5 Å². The van der Waals surface area contributed by atoms with Crippen molar-refractivity contribution in [1.29, 1.82) is 0 Å². The Bertz CT molecular complexity index is 1010. The second kappa shape index (κ2) is 8.60. The third-order valence-corrected chi connectivity index (χ3v) is 4.54. The average molecular weight is 392 g/mol. The summed E-state index contributed by atoms with van der Waals surface area (Å²) in [6, 6.07) is 16.7. The van der Waals surface area contributed by atoms with E-state index in [1.165, 1.54) is 4.90 Å². The number of carbonyl (C=O) groups is 2. The number of aromatic nitrogens is 2. The normalized spacial score (nSPS) is 10.8. The first-order valence-corrected chi connectivity index (χ1v) is 9.30. The van der Waals surface area contributed by atoms with E-state index in [-0.39, 0.29) is 18.5 Å². The summed E-state index contributed by atoms with van der Waals surface area (Å²) in [4.78, 5) is 26.3. The summed E-state index contributed by atoms with van der Waals surface area (Å²) in [6.45, 7) is 3.51. The first-order chi connectivity index (χ1) is 13.9. The number of amides is 2. The minimum Gasteiger partial charge on any atom is -0.496 e. The van der Waals surface area contributed by atoms with Gasteiger partial charge in [0.05, 0.1) is 24.9 Å². The molecular formula is C22H24N4O3. The lowest BCUT2D eigenvalue weighted by molar-refractivity contribution is -0.119. The maximum absolute atomic E-state index is 13.4. The standard InChI is InChI=1S/C22H24N4O3/c1-15(2)25(14-20(23)27)22(28)18-13-26(16-9-5-4-6-10-16)24-21(18)17-11-7-8-12-19(17)29-3/h4-13,15H,14H2,1-3H3,(H2,23,27). The van der Waals surface area contributed by atoms with Crippen LogP contribution >= 0.6 is 0 Å². The molecule has 7 heteroatoms. The van der Waals surface area contributed by atoms with Gasteiger partial charge in [0.1, 0.15) is 11.4 Å². The van der Waals surface area contributed by atoms with Crippen molar-refractivity contribution in [2.75, 3.05) is 13.7 Å². The molecule has 0 atom stereocenters. The van der Waals surface area contributed by atoms with E-state index < -0.39 is 5.91 Å². The fraction of sp³-hybridized carbons (Fsp3) is 0.227. The maximum Gasteiger partial charge on any atom is 0.258 e. The summed E-state index contributed by atoms with van der Waals surface area (Å²) in [5, 5.41) is 4.67.